The number of Topliss-reactive ketones (excluding diaryl/α,β-unsaturated/α-hetero) is 1. The number of methoxy groups -OCH3 is 1. The summed E-state index contributed by atoms with van der Waals surface area (Å²) in [6, 6.07) is 7.99. The molecule has 2 aromatic rings. The van der Waals surface area contributed by atoms with Crippen LogP contribution in [0.2, 0.25) is 0 Å². The number of alkyl halides is 2. The molecule has 1 aliphatic heterocycles. The molecule has 0 spiro atoms. The van der Waals surface area contributed by atoms with Crippen LogP contribution in [0, 0.1) is 0 Å². The first kappa shape index (κ1) is 20.4. The van der Waals surface area contributed by atoms with Crippen molar-refractivity contribution in [3.8, 4) is 23.0 Å². The van der Waals surface area contributed by atoms with Crippen molar-refractivity contribution in [2.24, 2.45) is 0 Å². The molecule has 0 radical (unpaired) electrons. The molecule has 0 aliphatic carbocycles. The highest BCUT2D eigenvalue weighted by Crippen LogP contribution is 2.40. The lowest BCUT2D eigenvalue weighted by Gasteiger charge is -2.21. The molecule has 9 heteroatoms. The summed E-state index contributed by atoms with van der Waals surface area (Å²) >= 11 is 0. The quantitative estimate of drug-likeness (QED) is 0.512. The zero-order valence-corrected chi connectivity index (χ0v) is 15.6. The van der Waals surface area contributed by atoms with Crippen LogP contribution in [0.15, 0.2) is 36.4 Å². The van der Waals surface area contributed by atoms with Crippen LogP contribution in [-0.2, 0) is 4.74 Å². The first-order chi connectivity index (χ1) is 13.9. The van der Waals surface area contributed by atoms with Gasteiger partial charge < -0.3 is 23.7 Å². The number of benzene rings is 2. The van der Waals surface area contributed by atoms with Crippen LogP contribution in [0.5, 0.6) is 23.0 Å². The number of ether oxygens (including phenoxy) is 5. The third-order valence-electron chi connectivity index (χ3n) is 4.08. The molecule has 2 aromatic carbocycles. The molecule has 0 aromatic heterocycles. The zero-order chi connectivity index (χ0) is 21.0. The Morgan fingerprint density at radius 3 is 2.38 bits per heavy atom. The number of fused-ring (bicyclic) bond motifs is 1. The van der Waals surface area contributed by atoms with E-state index in [2.05, 4.69) is 4.74 Å². The van der Waals surface area contributed by atoms with Crippen molar-refractivity contribution >= 4 is 11.8 Å². The maximum absolute atomic E-state index is 12.5. The van der Waals surface area contributed by atoms with Gasteiger partial charge in [-0.2, -0.15) is 8.78 Å². The molecule has 0 N–H and O–H groups in total. The molecule has 1 heterocycles. The van der Waals surface area contributed by atoms with Crippen LogP contribution in [0.1, 0.15) is 27.6 Å². The summed E-state index contributed by atoms with van der Waals surface area (Å²) < 4.78 is 50.0. The molecule has 154 valence electrons. The topological polar surface area (TPSA) is 80.3 Å². The molecule has 3 rings (SSSR count). The number of rotatable bonds is 7. The first-order valence-electron chi connectivity index (χ1n) is 8.66. The number of hydrogen-bond donors (Lipinski definition) is 0. The summed E-state index contributed by atoms with van der Waals surface area (Å²) in [7, 11) is 1.43. The van der Waals surface area contributed by atoms with Crippen molar-refractivity contribution in [3.05, 3.63) is 47.5 Å². The molecule has 0 fully saturated rings. The predicted octanol–water partition coefficient (Wildman–Crippen LogP) is 3.50. The molecule has 0 bridgehead atoms. The molecule has 0 saturated carbocycles. The van der Waals surface area contributed by atoms with Crippen molar-refractivity contribution in [1.82, 2.24) is 0 Å². The number of ketones is 1. The van der Waals surface area contributed by atoms with Crippen LogP contribution in [-0.4, -0.2) is 44.8 Å². The standard InChI is InChI=1S/C20H18F2O7/c1-11(17(23)12-3-5-14(6-4-12)29-20(21)22)28-19(24)13-9-15(25-2)18-16(10-13)26-7-8-27-18/h3-6,9-11,20H,7-8H2,1-2H3/t11-/m0/s1. The zero-order valence-electron chi connectivity index (χ0n) is 15.6. The van der Waals surface area contributed by atoms with Crippen LogP contribution in [0.4, 0.5) is 8.78 Å². The Kier molecular flexibility index (Phi) is 6.16. The lowest BCUT2D eigenvalue weighted by Crippen LogP contribution is -2.24. The van der Waals surface area contributed by atoms with Gasteiger partial charge in [0.25, 0.3) is 0 Å². The molecule has 1 atom stereocenters. The second-order valence-electron chi connectivity index (χ2n) is 6.02. The van der Waals surface area contributed by atoms with Gasteiger partial charge in [0.15, 0.2) is 17.6 Å². The molecule has 29 heavy (non-hydrogen) atoms. The molecule has 0 unspecified atom stereocenters. The lowest BCUT2D eigenvalue weighted by atomic mass is 10.1. The highest BCUT2D eigenvalue weighted by atomic mass is 19.3. The maximum Gasteiger partial charge on any atom is 0.387 e. The Balaban J connectivity index is 1.70. The molecule has 0 saturated heterocycles. The van der Waals surface area contributed by atoms with Crippen molar-refractivity contribution < 1.29 is 42.1 Å². The van der Waals surface area contributed by atoms with Gasteiger partial charge in [0.05, 0.1) is 12.7 Å². The third kappa shape index (κ3) is 4.74. The van der Waals surface area contributed by atoms with E-state index in [0.717, 1.165) is 0 Å². The monoisotopic (exact) mass is 408 g/mol. The Morgan fingerprint density at radius 1 is 1.03 bits per heavy atom. The molecule has 1 aliphatic rings. The van der Waals surface area contributed by atoms with Crippen LogP contribution < -0.4 is 18.9 Å². The number of hydrogen-bond acceptors (Lipinski definition) is 7. The highest BCUT2D eigenvalue weighted by Gasteiger charge is 2.25. The number of halogens is 2. The Morgan fingerprint density at radius 2 is 1.72 bits per heavy atom. The van der Waals surface area contributed by atoms with Gasteiger partial charge in [0.1, 0.15) is 19.0 Å². The van der Waals surface area contributed by atoms with E-state index >= 15 is 0 Å². The normalized spacial score (nSPS) is 13.6. The van der Waals surface area contributed by atoms with E-state index in [4.69, 9.17) is 18.9 Å². The summed E-state index contributed by atoms with van der Waals surface area (Å²) in [6.07, 6.45) is -1.11. The van der Waals surface area contributed by atoms with Gasteiger partial charge in [-0.1, -0.05) is 0 Å². The Labute approximate surface area is 165 Å². The van der Waals surface area contributed by atoms with E-state index in [1.807, 2.05) is 0 Å². The van der Waals surface area contributed by atoms with Crippen molar-refractivity contribution in [3.63, 3.8) is 0 Å². The van der Waals surface area contributed by atoms with E-state index in [1.54, 1.807) is 0 Å². The van der Waals surface area contributed by atoms with Gasteiger partial charge in [-0.05, 0) is 43.3 Å². The largest absolute Gasteiger partial charge is 0.493 e. The smallest absolute Gasteiger partial charge is 0.387 e. The van der Waals surface area contributed by atoms with Gasteiger partial charge in [0, 0.05) is 5.56 Å². The van der Waals surface area contributed by atoms with Gasteiger partial charge in [0.2, 0.25) is 11.5 Å². The van der Waals surface area contributed by atoms with Crippen molar-refractivity contribution in [2.45, 2.75) is 19.6 Å². The minimum absolute atomic E-state index is 0.0791. The summed E-state index contributed by atoms with van der Waals surface area (Å²) in [5.41, 5.74) is 0.318. The number of carbonyl (C=O) groups is 2. The minimum Gasteiger partial charge on any atom is -0.493 e. The second kappa shape index (κ2) is 8.76. The summed E-state index contributed by atoms with van der Waals surface area (Å²) in [4.78, 5) is 25.0. The molecular weight excluding hydrogens is 390 g/mol. The fourth-order valence-electron chi connectivity index (χ4n) is 2.71. The number of carbonyl (C=O) groups excluding carboxylic acids is 2. The minimum atomic E-state index is -2.96. The summed E-state index contributed by atoms with van der Waals surface area (Å²) in [5, 5.41) is 0. The molecular formula is C20H18F2O7. The van der Waals surface area contributed by atoms with Gasteiger partial charge in [-0.15, -0.1) is 0 Å². The van der Waals surface area contributed by atoms with Crippen LogP contribution >= 0.6 is 0 Å². The van der Waals surface area contributed by atoms with E-state index in [0.29, 0.717) is 30.5 Å². The second-order valence-corrected chi connectivity index (χ2v) is 6.02. The highest BCUT2D eigenvalue weighted by molar-refractivity contribution is 6.01. The molecule has 7 nitrogen and oxygen atoms in total. The van der Waals surface area contributed by atoms with Gasteiger partial charge >= 0.3 is 12.6 Å². The van der Waals surface area contributed by atoms with E-state index in [1.165, 1.54) is 50.4 Å². The SMILES string of the molecule is COc1cc(C(=O)O[C@@H](C)C(=O)c2ccc(OC(F)F)cc2)cc2c1OCCO2. The van der Waals surface area contributed by atoms with E-state index in [9.17, 15) is 18.4 Å². The third-order valence-corrected chi connectivity index (χ3v) is 4.08. The average Bonchev–Trinajstić information content (AvgIpc) is 2.72. The number of esters is 1. The van der Waals surface area contributed by atoms with Crippen LogP contribution in [0.25, 0.3) is 0 Å². The summed E-state index contributed by atoms with van der Waals surface area (Å²) in [6.45, 7) is -0.854. The van der Waals surface area contributed by atoms with Crippen LogP contribution in [0.3, 0.4) is 0 Å². The fraction of sp³-hybridized carbons (Fsp3) is 0.300. The fourth-order valence-corrected chi connectivity index (χ4v) is 2.71. The Hall–Kier alpha value is -3.36. The lowest BCUT2D eigenvalue weighted by molar-refractivity contribution is -0.0498. The van der Waals surface area contributed by atoms with E-state index < -0.39 is 24.5 Å². The predicted molar refractivity (Wildman–Crippen MR) is 96.3 cm³/mol. The average molecular weight is 408 g/mol. The summed E-state index contributed by atoms with van der Waals surface area (Å²) in [5.74, 6) is -0.278. The van der Waals surface area contributed by atoms with Gasteiger partial charge in [-0.25, -0.2) is 4.79 Å². The van der Waals surface area contributed by atoms with Gasteiger partial charge in [-0.3, -0.25) is 4.79 Å². The Bertz CT molecular complexity index is 879. The molecule has 0 amide bonds. The first-order valence-corrected chi connectivity index (χ1v) is 8.66. The van der Waals surface area contributed by atoms with Crippen molar-refractivity contribution in [2.75, 3.05) is 20.3 Å². The van der Waals surface area contributed by atoms with Crippen molar-refractivity contribution in [1.29, 1.82) is 0 Å². The maximum atomic E-state index is 12.5. The van der Waals surface area contributed by atoms with E-state index in [-0.39, 0.29) is 16.9 Å².